The summed E-state index contributed by atoms with van der Waals surface area (Å²) in [4.78, 5) is 12.5. The van der Waals surface area contributed by atoms with Crippen LogP contribution in [0.3, 0.4) is 0 Å². The standard InChI is InChI=1S/C17H29N3O/c1-13(2)17(3,4)12-19-16(21)15-6-5-11-20(15)14-7-9-18-10-8-14/h5-6,11,13-14,18H,7-10,12H2,1-4H3,(H,19,21). The van der Waals surface area contributed by atoms with Crippen molar-refractivity contribution < 1.29 is 4.79 Å². The quantitative estimate of drug-likeness (QED) is 0.876. The molecule has 0 saturated carbocycles. The van der Waals surface area contributed by atoms with E-state index in [0.29, 0.717) is 18.5 Å². The summed E-state index contributed by atoms with van der Waals surface area (Å²) in [5, 5.41) is 6.48. The average Bonchev–Trinajstić information content (AvgIpc) is 2.95. The van der Waals surface area contributed by atoms with Crippen molar-refractivity contribution in [3.05, 3.63) is 24.0 Å². The lowest BCUT2D eigenvalue weighted by atomic mass is 9.81. The van der Waals surface area contributed by atoms with Gasteiger partial charge in [0, 0.05) is 18.8 Å². The van der Waals surface area contributed by atoms with E-state index in [9.17, 15) is 4.79 Å². The van der Waals surface area contributed by atoms with Crippen LogP contribution in [0.25, 0.3) is 0 Å². The highest BCUT2D eigenvalue weighted by molar-refractivity contribution is 5.92. The molecule has 1 amide bonds. The minimum Gasteiger partial charge on any atom is -0.350 e. The van der Waals surface area contributed by atoms with Crippen LogP contribution < -0.4 is 10.6 Å². The van der Waals surface area contributed by atoms with Crippen LogP contribution in [0.2, 0.25) is 0 Å². The van der Waals surface area contributed by atoms with Crippen LogP contribution in [0.1, 0.15) is 57.1 Å². The maximum absolute atomic E-state index is 12.5. The molecule has 2 heterocycles. The molecule has 0 aliphatic carbocycles. The minimum atomic E-state index is 0.0484. The summed E-state index contributed by atoms with van der Waals surface area (Å²) in [5.74, 6) is 0.585. The monoisotopic (exact) mass is 291 g/mol. The van der Waals surface area contributed by atoms with Crippen LogP contribution in [0, 0.1) is 11.3 Å². The molecule has 0 aromatic carbocycles. The van der Waals surface area contributed by atoms with E-state index in [1.807, 2.05) is 18.3 Å². The van der Waals surface area contributed by atoms with E-state index in [4.69, 9.17) is 0 Å². The first kappa shape index (κ1) is 16.1. The van der Waals surface area contributed by atoms with E-state index in [2.05, 4.69) is 42.9 Å². The van der Waals surface area contributed by atoms with Gasteiger partial charge in [-0.2, -0.15) is 0 Å². The van der Waals surface area contributed by atoms with Gasteiger partial charge >= 0.3 is 0 Å². The smallest absolute Gasteiger partial charge is 0.267 e. The molecule has 4 nitrogen and oxygen atoms in total. The van der Waals surface area contributed by atoms with Gasteiger partial charge in [0.1, 0.15) is 5.69 Å². The van der Waals surface area contributed by atoms with Crippen molar-refractivity contribution in [1.82, 2.24) is 15.2 Å². The molecule has 1 fully saturated rings. The Morgan fingerprint density at radius 1 is 1.43 bits per heavy atom. The summed E-state index contributed by atoms with van der Waals surface area (Å²) >= 11 is 0. The Bertz CT molecular complexity index is 470. The summed E-state index contributed by atoms with van der Waals surface area (Å²) < 4.78 is 2.15. The zero-order valence-corrected chi connectivity index (χ0v) is 13.8. The Morgan fingerprint density at radius 2 is 2.10 bits per heavy atom. The number of nitrogens with zero attached hydrogens (tertiary/aromatic N) is 1. The topological polar surface area (TPSA) is 46.1 Å². The summed E-state index contributed by atoms with van der Waals surface area (Å²) in [5.41, 5.74) is 0.906. The van der Waals surface area contributed by atoms with Gasteiger partial charge in [-0.25, -0.2) is 0 Å². The van der Waals surface area contributed by atoms with Gasteiger partial charge in [0.25, 0.3) is 5.91 Å². The molecule has 1 aliphatic rings. The first-order valence-corrected chi connectivity index (χ1v) is 8.07. The van der Waals surface area contributed by atoms with Crippen molar-refractivity contribution in [3.63, 3.8) is 0 Å². The molecule has 2 N–H and O–H groups in total. The Balaban J connectivity index is 2.01. The molecule has 21 heavy (non-hydrogen) atoms. The van der Waals surface area contributed by atoms with Gasteiger partial charge in [0.2, 0.25) is 0 Å². The Hall–Kier alpha value is -1.29. The number of rotatable bonds is 5. The highest BCUT2D eigenvalue weighted by atomic mass is 16.1. The van der Waals surface area contributed by atoms with Gasteiger partial charge in [-0.1, -0.05) is 27.7 Å². The normalized spacial score (nSPS) is 17.2. The van der Waals surface area contributed by atoms with Crippen molar-refractivity contribution >= 4 is 5.91 Å². The summed E-state index contributed by atoms with van der Waals surface area (Å²) in [6, 6.07) is 4.35. The van der Waals surface area contributed by atoms with E-state index < -0.39 is 0 Å². The lowest BCUT2D eigenvalue weighted by Crippen LogP contribution is -2.38. The predicted molar refractivity (Wildman–Crippen MR) is 86.5 cm³/mol. The first-order chi connectivity index (χ1) is 9.92. The van der Waals surface area contributed by atoms with Crippen LogP contribution in [-0.2, 0) is 0 Å². The molecular formula is C17H29N3O. The van der Waals surface area contributed by atoms with Gasteiger partial charge in [-0.05, 0) is 49.4 Å². The molecule has 1 saturated heterocycles. The highest BCUT2D eigenvalue weighted by Gasteiger charge is 2.25. The third kappa shape index (κ3) is 3.88. The predicted octanol–water partition coefficient (Wildman–Crippen LogP) is 2.82. The third-order valence-corrected chi connectivity index (χ3v) is 4.98. The molecule has 1 aromatic heterocycles. The van der Waals surface area contributed by atoms with Crippen molar-refractivity contribution in [3.8, 4) is 0 Å². The van der Waals surface area contributed by atoms with Crippen LogP contribution >= 0.6 is 0 Å². The van der Waals surface area contributed by atoms with Crippen LogP contribution in [0.4, 0.5) is 0 Å². The second kappa shape index (κ2) is 6.65. The molecule has 118 valence electrons. The minimum absolute atomic E-state index is 0.0484. The van der Waals surface area contributed by atoms with Gasteiger partial charge in [0.05, 0.1) is 0 Å². The zero-order chi connectivity index (χ0) is 15.5. The SMILES string of the molecule is CC(C)C(C)(C)CNC(=O)c1cccn1C1CCNCC1. The van der Waals surface area contributed by atoms with Gasteiger partial charge in [-0.3, -0.25) is 4.79 Å². The van der Waals surface area contributed by atoms with Crippen molar-refractivity contribution in [2.75, 3.05) is 19.6 Å². The van der Waals surface area contributed by atoms with Gasteiger partial charge in [0.15, 0.2) is 0 Å². The molecule has 0 radical (unpaired) electrons. The number of hydrogen-bond acceptors (Lipinski definition) is 2. The van der Waals surface area contributed by atoms with Gasteiger partial charge in [-0.15, -0.1) is 0 Å². The molecule has 0 bridgehead atoms. The number of carbonyl (C=O) groups excluding carboxylic acids is 1. The number of aromatic nitrogens is 1. The van der Waals surface area contributed by atoms with E-state index in [1.165, 1.54) is 0 Å². The van der Waals surface area contributed by atoms with E-state index in [-0.39, 0.29) is 11.3 Å². The number of nitrogens with one attached hydrogen (secondary N) is 2. The first-order valence-electron chi connectivity index (χ1n) is 8.07. The van der Waals surface area contributed by atoms with Crippen molar-refractivity contribution in [2.24, 2.45) is 11.3 Å². The fraction of sp³-hybridized carbons (Fsp3) is 0.706. The fourth-order valence-corrected chi connectivity index (χ4v) is 2.59. The second-order valence-electron chi connectivity index (χ2n) is 7.11. The Labute approximate surface area is 128 Å². The summed E-state index contributed by atoms with van der Waals surface area (Å²) in [6.07, 6.45) is 4.22. The summed E-state index contributed by atoms with van der Waals surface area (Å²) in [7, 11) is 0. The van der Waals surface area contributed by atoms with Gasteiger partial charge < -0.3 is 15.2 Å². The number of piperidine rings is 1. The van der Waals surface area contributed by atoms with Crippen molar-refractivity contribution in [1.29, 1.82) is 0 Å². The molecular weight excluding hydrogens is 262 g/mol. The van der Waals surface area contributed by atoms with E-state index in [0.717, 1.165) is 31.6 Å². The summed E-state index contributed by atoms with van der Waals surface area (Å²) in [6.45, 7) is 11.6. The van der Waals surface area contributed by atoms with Crippen LogP contribution in [0.5, 0.6) is 0 Å². The number of amides is 1. The molecule has 1 aromatic rings. The van der Waals surface area contributed by atoms with Crippen LogP contribution in [0.15, 0.2) is 18.3 Å². The Morgan fingerprint density at radius 3 is 2.71 bits per heavy atom. The third-order valence-electron chi connectivity index (χ3n) is 4.98. The fourth-order valence-electron chi connectivity index (χ4n) is 2.59. The number of hydrogen-bond donors (Lipinski definition) is 2. The van der Waals surface area contributed by atoms with E-state index >= 15 is 0 Å². The zero-order valence-electron chi connectivity index (χ0n) is 13.8. The maximum atomic E-state index is 12.5. The number of carbonyl (C=O) groups is 1. The molecule has 2 rings (SSSR count). The average molecular weight is 291 g/mol. The molecule has 0 unspecified atom stereocenters. The maximum Gasteiger partial charge on any atom is 0.267 e. The largest absolute Gasteiger partial charge is 0.350 e. The van der Waals surface area contributed by atoms with Crippen LogP contribution in [-0.4, -0.2) is 30.1 Å². The van der Waals surface area contributed by atoms with E-state index in [1.54, 1.807) is 0 Å². The van der Waals surface area contributed by atoms with Crippen molar-refractivity contribution in [2.45, 2.75) is 46.6 Å². The molecule has 0 atom stereocenters. The second-order valence-corrected chi connectivity index (χ2v) is 7.11. The lowest BCUT2D eigenvalue weighted by Gasteiger charge is -2.30. The molecule has 4 heteroatoms. The molecule has 1 aliphatic heterocycles. The Kier molecular flexibility index (Phi) is 5.09. The lowest BCUT2D eigenvalue weighted by molar-refractivity contribution is 0.0912. The highest BCUT2D eigenvalue weighted by Crippen LogP contribution is 2.25. The molecule has 0 spiro atoms.